The maximum atomic E-state index is 12.9. The minimum Gasteiger partial charge on any atom is -0.490 e. The molecule has 1 aliphatic carbocycles. The van der Waals surface area contributed by atoms with E-state index in [1.165, 1.54) is 12.1 Å². The molecule has 1 aliphatic heterocycles. The summed E-state index contributed by atoms with van der Waals surface area (Å²) in [6, 6.07) is 6.11. The average Bonchev–Trinajstić information content (AvgIpc) is 3.06. The van der Waals surface area contributed by atoms with Gasteiger partial charge in [0.15, 0.2) is 0 Å². The van der Waals surface area contributed by atoms with Gasteiger partial charge in [0.2, 0.25) is 5.91 Å². The summed E-state index contributed by atoms with van der Waals surface area (Å²) in [5.74, 6) is 1.18. The van der Waals surface area contributed by atoms with Gasteiger partial charge in [0.25, 0.3) is 0 Å². The molecule has 1 aromatic rings. The third-order valence-corrected chi connectivity index (χ3v) is 5.15. The number of halogens is 1. The van der Waals surface area contributed by atoms with E-state index in [9.17, 15) is 9.18 Å². The molecule has 23 heavy (non-hydrogen) atoms. The normalized spacial score (nSPS) is 25.6. The Morgan fingerprint density at radius 1 is 1.17 bits per heavy atom. The van der Waals surface area contributed by atoms with Gasteiger partial charge in [0.1, 0.15) is 17.7 Å². The summed E-state index contributed by atoms with van der Waals surface area (Å²) in [5.41, 5.74) is 5.79. The van der Waals surface area contributed by atoms with Gasteiger partial charge < -0.3 is 15.4 Å². The molecule has 0 bridgehead atoms. The Morgan fingerprint density at radius 3 is 2.52 bits per heavy atom. The fourth-order valence-corrected chi connectivity index (χ4v) is 3.78. The second-order valence-electron chi connectivity index (χ2n) is 6.63. The Morgan fingerprint density at radius 2 is 1.87 bits per heavy atom. The molecular formula is C18H25FN2O2. The molecule has 2 fully saturated rings. The molecule has 0 unspecified atom stereocenters. The second kappa shape index (κ2) is 7.30. The highest BCUT2D eigenvalue weighted by molar-refractivity contribution is 5.79. The number of hydrogen-bond donors (Lipinski definition) is 1. The van der Waals surface area contributed by atoms with Crippen LogP contribution in [0.3, 0.4) is 0 Å². The number of piperidine rings is 1. The summed E-state index contributed by atoms with van der Waals surface area (Å²) >= 11 is 0. The minimum absolute atomic E-state index is 0.0957. The second-order valence-corrected chi connectivity index (χ2v) is 6.63. The van der Waals surface area contributed by atoms with Gasteiger partial charge in [-0.1, -0.05) is 6.42 Å². The van der Waals surface area contributed by atoms with E-state index in [2.05, 4.69) is 0 Å². The molecule has 2 aliphatic rings. The van der Waals surface area contributed by atoms with E-state index in [4.69, 9.17) is 10.5 Å². The van der Waals surface area contributed by atoms with E-state index in [1.807, 2.05) is 4.90 Å². The lowest BCUT2D eigenvalue weighted by Crippen LogP contribution is -2.45. The highest BCUT2D eigenvalue weighted by Crippen LogP contribution is 2.33. The molecule has 5 heteroatoms. The van der Waals surface area contributed by atoms with E-state index in [1.54, 1.807) is 12.1 Å². The van der Waals surface area contributed by atoms with Crippen molar-refractivity contribution in [2.45, 2.75) is 38.2 Å². The molecule has 3 rings (SSSR count). The van der Waals surface area contributed by atoms with Crippen molar-refractivity contribution in [2.75, 3.05) is 19.6 Å². The van der Waals surface area contributed by atoms with Gasteiger partial charge in [-0.2, -0.15) is 0 Å². The van der Waals surface area contributed by atoms with Gasteiger partial charge in [-0.25, -0.2) is 4.39 Å². The standard InChI is InChI=1S/C18H25FN2O2/c19-14-4-6-15(7-5-14)23-16-8-10-21(11-9-16)18(22)17-3-1-2-13(17)12-20/h4-7,13,16-17H,1-3,8-12,20H2/t13-,17-/m1/s1. The third-order valence-electron chi connectivity index (χ3n) is 5.15. The van der Waals surface area contributed by atoms with Crippen molar-refractivity contribution in [3.05, 3.63) is 30.1 Å². The monoisotopic (exact) mass is 320 g/mol. The minimum atomic E-state index is -0.260. The first-order valence-corrected chi connectivity index (χ1v) is 8.58. The zero-order valence-electron chi connectivity index (χ0n) is 13.4. The van der Waals surface area contributed by atoms with Crippen molar-refractivity contribution in [1.82, 2.24) is 4.90 Å². The number of nitrogens with two attached hydrogens (primary N) is 1. The van der Waals surface area contributed by atoms with Crippen LogP contribution < -0.4 is 10.5 Å². The number of rotatable bonds is 4. The van der Waals surface area contributed by atoms with Crippen LogP contribution in [0.2, 0.25) is 0 Å². The lowest BCUT2D eigenvalue weighted by Gasteiger charge is -2.34. The molecule has 0 aromatic heterocycles. The van der Waals surface area contributed by atoms with Gasteiger partial charge in [0, 0.05) is 31.8 Å². The number of likely N-dealkylation sites (tertiary alicyclic amines) is 1. The number of benzene rings is 1. The Balaban J connectivity index is 1.50. The van der Waals surface area contributed by atoms with Crippen LogP contribution in [0, 0.1) is 17.7 Å². The molecule has 2 atom stereocenters. The van der Waals surface area contributed by atoms with Crippen LogP contribution in [0.1, 0.15) is 32.1 Å². The van der Waals surface area contributed by atoms with Crippen LogP contribution in [0.4, 0.5) is 4.39 Å². The Kier molecular flexibility index (Phi) is 5.16. The van der Waals surface area contributed by atoms with Crippen LogP contribution >= 0.6 is 0 Å². The Hall–Kier alpha value is -1.62. The molecule has 126 valence electrons. The number of hydrogen-bond acceptors (Lipinski definition) is 3. The van der Waals surface area contributed by atoms with Crippen molar-refractivity contribution in [3.8, 4) is 5.75 Å². The SMILES string of the molecule is NC[C@H]1CCC[C@H]1C(=O)N1CCC(Oc2ccc(F)cc2)CC1. The largest absolute Gasteiger partial charge is 0.490 e. The number of ether oxygens (including phenoxy) is 1. The Bertz CT molecular complexity index is 526. The van der Waals surface area contributed by atoms with Crippen molar-refractivity contribution >= 4 is 5.91 Å². The quantitative estimate of drug-likeness (QED) is 0.927. The average molecular weight is 320 g/mol. The molecule has 0 spiro atoms. The van der Waals surface area contributed by atoms with Crippen molar-refractivity contribution in [1.29, 1.82) is 0 Å². The molecular weight excluding hydrogens is 295 g/mol. The molecule has 1 aromatic carbocycles. The van der Waals surface area contributed by atoms with Gasteiger partial charge in [-0.05, 0) is 49.6 Å². The summed E-state index contributed by atoms with van der Waals surface area (Å²) < 4.78 is 18.8. The number of amides is 1. The molecule has 2 N–H and O–H groups in total. The smallest absolute Gasteiger partial charge is 0.226 e. The predicted octanol–water partition coefficient (Wildman–Crippen LogP) is 2.57. The highest BCUT2D eigenvalue weighted by Gasteiger charge is 2.36. The van der Waals surface area contributed by atoms with Crippen LogP contribution in [-0.2, 0) is 4.79 Å². The van der Waals surface area contributed by atoms with E-state index < -0.39 is 0 Å². The summed E-state index contributed by atoms with van der Waals surface area (Å²) in [5, 5.41) is 0. The van der Waals surface area contributed by atoms with Gasteiger partial charge >= 0.3 is 0 Å². The topological polar surface area (TPSA) is 55.6 Å². The zero-order valence-corrected chi connectivity index (χ0v) is 13.4. The van der Waals surface area contributed by atoms with Crippen molar-refractivity contribution < 1.29 is 13.9 Å². The number of carbonyl (C=O) groups excluding carboxylic acids is 1. The number of nitrogens with zero attached hydrogens (tertiary/aromatic N) is 1. The van der Waals surface area contributed by atoms with Crippen LogP contribution in [0.5, 0.6) is 5.75 Å². The van der Waals surface area contributed by atoms with Crippen LogP contribution in [0.25, 0.3) is 0 Å². The van der Waals surface area contributed by atoms with Gasteiger partial charge in [0.05, 0.1) is 0 Å². The lowest BCUT2D eigenvalue weighted by molar-refractivity contribution is -0.138. The molecule has 1 saturated heterocycles. The van der Waals surface area contributed by atoms with Crippen LogP contribution in [0.15, 0.2) is 24.3 Å². The fourth-order valence-electron chi connectivity index (χ4n) is 3.78. The van der Waals surface area contributed by atoms with E-state index in [0.717, 1.165) is 45.2 Å². The zero-order chi connectivity index (χ0) is 16.2. The van der Waals surface area contributed by atoms with E-state index in [0.29, 0.717) is 18.2 Å². The summed E-state index contributed by atoms with van der Waals surface area (Å²) in [4.78, 5) is 14.6. The van der Waals surface area contributed by atoms with Gasteiger partial charge in [-0.15, -0.1) is 0 Å². The Labute approximate surface area is 136 Å². The molecule has 1 amide bonds. The van der Waals surface area contributed by atoms with E-state index in [-0.39, 0.29) is 23.7 Å². The summed E-state index contributed by atoms with van der Waals surface area (Å²) in [7, 11) is 0. The maximum Gasteiger partial charge on any atom is 0.226 e. The first-order chi connectivity index (χ1) is 11.2. The maximum absolute atomic E-state index is 12.9. The predicted molar refractivity (Wildman–Crippen MR) is 86.5 cm³/mol. The van der Waals surface area contributed by atoms with Crippen LogP contribution in [-0.4, -0.2) is 36.5 Å². The fraction of sp³-hybridized carbons (Fsp3) is 0.611. The third kappa shape index (κ3) is 3.83. The molecule has 4 nitrogen and oxygen atoms in total. The first kappa shape index (κ1) is 16.2. The summed E-state index contributed by atoms with van der Waals surface area (Å²) in [6.45, 7) is 2.08. The first-order valence-electron chi connectivity index (χ1n) is 8.58. The van der Waals surface area contributed by atoms with E-state index >= 15 is 0 Å². The molecule has 1 heterocycles. The summed E-state index contributed by atoms with van der Waals surface area (Å²) in [6.07, 6.45) is 4.91. The molecule has 0 radical (unpaired) electrons. The van der Waals surface area contributed by atoms with Crippen molar-refractivity contribution in [2.24, 2.45) is 17.6 Å². The van der Waals surface area contributed by atoms with Gasteiger partial charge in [-0.3, -0.25) is 4.79 Å². The highest BCUT2D eigenvalue weighted by atomic mass is 19.1. The molecule has 1 saturated carbocycles. The number of carbonyl (C=O) groups is 1. The lowest BCUT2D eigenvalue weighted by atomic mass is 9.93. The van der Waals surface area contributed by atoms with Crippen molar-refractivity contribution in [3.63, 3.8) is 0 Å².